The van der Waals surface area contributed by atoms with Crippen molar-refractivity contribution in [3.8, 4) is 22.8 Å². The molecule has 1 atom stereocenters. The third-order valence-electron chi connectivity index (χ3n) is 10.4. The van der Waals surface area contributed by atoms with Crippen molar-refractivity contribution in [2.45, 2.75) is 82.1 Å². The first kappa shape index (κ1) is 44.9. The number of carbonyl (C=O) groups is 2. The van der Waals surface area contributed by atoms with Gasteiger partial charge in [-0.15, -0.1) is 10.2 Å². The molecule has 7 N–H and O–H groups in total. The van der Waals surface area contributed by atoms with Gasteiger partial charge in [0, 0.05) is 63.2 Å². The molecule has 14 heteroatoms. The summed E-state index contributed by atoms with van der Waals surface area (Å²) in [5.74, 6) is 4.61. The number of nitrogens with one attached hydrogen (secondary N) is 4. The molecule has 61 heavy (non-hydrogen) atoms. The minimum Gasteiger partial charge on any atom is -0.507 e. The molecule has 0 aliphatic carbocycles. The number of aromatic nitrogens is 3. The van der Waals surface area contributed by atoms with Gasteiger partial charge in [0.1, 0.15) is 11.4 Å². The van der Waals surface area contributed by atoms with Gasteiger partial charge in [-0.1, -0.05) is 93.5 Å². The van der Waals surface area contributed by atoms with Crippen LogP contribution in [0.3, 0.4) is 0 Å². The molecule has 320 valence electrons. The number of unbranched alkanes of at least 4 members (excludes halogenated alkanes) is 8. The number of hydrogen-bond acceptors (Lipinski definition) is 8. The molecule has 0 bridgehead atoms. The van der Waals surface area contributed by atoms with E-state index in [4.69, 9.17) is 10.5 Å². The summed E-state index contributed by atoms with van der Waals surface area (Å²) in [6.45, 7) is 1.43. The number of benzene rings is 4. The Morgan fingerprint density at radius 2 is 1.51 bits per heavy atom. The van der Waals surface area contributed by atoms with E-state index in [1.54, 1.807) is 42.5 Å². The smallest absolute Gasteiger partial charge is 0.251 e. The fraction of sp³-hybridized carbons (Fsp3) is 0.298. The Morgan fingerprint density at radius 1 is 0.820 bits per heavy atom. The number of nitrogens with two attached hydrogens (primary N) is 1. The maximum atomic E-state index is 13.5. The molecule has 6 aromatic rings. The van der Waals surface area contributed by atoms with Crippen LogP contribution in [0.4, 0.5) is 11.5 Å². The van der Waals surface area contributed by atoms with E-state index in [2.05, 4.69) is 59.0 Å². The zero-order valence-electron chi connectivity index (χ0n) is 34.3. The van der Waals surface area contributed by atoms with Crippen LogP contribution in [-0.2, 0) is 27.5 Å². The number of halogens is 1. The average Bonchev–Trinajstić information content (AvgIpc) is 3.65. The molecule has 0 spiro atoms. The summed E-state index contributed by atoms with van der Waals surface area (Å²) in [7, 11) is -2.78. The number of aromatic hydroxyl groups is 1. The van der Waals surface area contributed by atoms with Crippen molar-refractivity contribution in [2.24, 2.45) is 0 Å². The van der Waals surface area contributed by atoms with Crippen LogP contribution < -0.4 is 25.8 Å². The van der Waals surface area contributed by atoms with Gasteiger partial charge in [-0.05, 0) is 94.9 Å². The molecule has 2 heterocycles. The van der Waals surface area contributed by atoms with Crippen molar-refractivity contribution in [3.63, 3.8) is 0 Å². The molecule has 0 fully saturated rings. The summed E-state index contributed by atoms with van der Waals surface area (Å²) in [5.41, 5.74) is 11.2. The third kappa shape index (κ3) is 13.2. The van der Waals surface area contributed by atoms with Crippen molar-refractivity contribution in [1.29, 1.82) is 0 Å². The van der Waals surface area contributed by atoms with Crippen molar-refractivity contribution in [1.82, 2.24) is 25.8 Å². The van der Waals surface area contributed by atoms with Crippen LogP contribution in [0, 0.1) is 3.57 Å². The maximum absolute atomic E-state index is 13.5. The van der Waals surface area contributed by atoms with E-state index in [-0.39, 0.29) is 23.4 Å². The Morgan fingerprint density at radius 3 is 2.25 bits per heavy atom. The first-order chi connectivity index (χ1) is 29.6. The summed E-state index contributed by atoms with van der Waals surface area (Å²) in [5, 5.41) is 25.3. The molecule has 0 aliphatic heterocycles. The summed E-state index contributed by atoms with van der Waals surface area (Å²) >= 11 is 2.27. The fourth-order valence-corrected chi connectivity index (χ4v) is 8.76. The average molecular weight is 956 g/mol. The lowest BCUT2D eigenvalue weighted by Gasteiger charge is -2.14. The number of ether oxygens (including phenoxy) is 1. The van der Waals surface area contributed by atoms with E-state index < -0.39 is 9.71 Å². The second kappa shape index (κ2) is 22.3. The number of nitrogens with zero attached hydrogens (tertiary/aromatic N) is 2. The maximum Gasteiger partial charge on any atom is 0.251 e. The Bertz CT molecular complexity index is 2490. The zero-order chi connectivity index (χ0) is 43.0. The lowest BCUT2D eigenvalue weighted by atomic mass is 10.1. The number of nitrogen functional groups attached to an aromatic ring is 1. The molecule has 0 saturated heterocycles. The van der Waals surface area contributed by atoms with Crippen molar-refractivity contribution in [2.75, 3.05) is 23.6 Å². The highest BCUT2D eigenvalue weighted by Gasteiger charge is 2.14. The van der Waals surface area contributed by atoms with Gasteiger partial charge in [-0.3, -0.25) is 9.59 Å². The van der Waals surface area contributed by atoms with E-state index in [1.807, 2.05) is 60.8 Å². The van der Waals surface area contributed by atoms with Gasteiger partial charge in [0.25, 0.3) is 5.91 Å². The molecule has 6 rings (SSSR count). The van der Waals surface area contributed by atoms with Gasteiger partial charge < -0.3 is 35.9 Å². The molecule has 0 aliphatic rings. The van der Waals surface area contributed by atoms with Crippen molar-refractivity contribution < 1.29 is 23.6 Å². The Balaban J connectivity index is 0.760. The number of para-hydroxylation sites is 2. The van der Waals surface area contributed by atoms with E-state index >= 15 is 0 Å². The minimum atomic E-state index is -2.78. The topological polar surface area (TPSA) is 184 Å². The summed E-state index contributed by atoms with van der Waals surface area (Å²) < 4.78 is 23.6. The highest BCUT2D eigenvalue weighted by Crippen LogP contribution is 2.31. The molecule has 0 radical (unpaired) electrons. The van der Waals surface area contributed by atoms with E-state index in [9.17, 15) is 18.9 Å². The summed E-state index contributed by atoms with van der Waals surface area (Å²) in [6.07, 6.45) is 12.7. The predicted molar refractivity (Wildman–Crippen MR) is 254 cm³/mol. The van der Waals surface area contributed by atoms with Gasteiger partial charge in [0.05, 0.1) is 27.5 Å². The van der Waals surface area contributed by atoms with Gasteiger partial charge in [-0.2, -0.15) is 0 Å². The summed E-state index contributed by atoms with van der Waals surface area (Å²) in [6, 6.07) is 29.3. The number of aromatic amines is 1. The SMILES string of the molecule is C=S(=O)(Nc1cccc2c(I)c[nH]c12)c1ccc(CNC(=O)CCCCCCCCCCCNC(=O)c2ccc(CCOc3cc(-c4ccccc4O)nnc3N)cc2)cc1. The first-order valence-electron chi connectivity index (χ1n) is 20.7. The van der Waals surface area contributed by atoms with Crippen LogP contribution in [0.5, 0.6) is 11.5 Å². The highest BCUT2D eigenvalue weighted by atomic mass is 127. The van der Waals surface area contributed by atoms with Gasteiger partial charge in [0.15, 0.2) is 11.6 Å². The van der Waals surface area contributed by atoms with Crippen LogP contribution in [0.15, 0.2) is 108 Å². The van der Waals surface area contributed by atoms with E-state index in [0.29, 0.717) is 60.0 Å². The molecular formula is C47H54IN7O5S. The van der Waals surface area contributed by atoms with Gasteiger partial charge in [-0.25, -0.2) is 4.21 Å². The zero-order valence-corrected chi connectivity index (χ0v) is 37.2. The van der Waals surface area contributed by atoms with Crippen molar-refractivity contribution >= 4 is 72.4 Å². The van der Waals surface area contributed by atoms with Crippen LogP contribution in [0.1, 0.15) is 85.7 Å². The lowest BCUT2D eigenvalue weighted by Crippen LogP contribution is -2.24. The van der Waals surface area contributed by atoms with Crippen LogP contribution >= 0.6 is 22.6 Å². The number of H-pyrrole nitrogens is 1. The monoisotopic (exact) mass is 955 g/mol. The Hall–Kier alpha value is -5.61. The quantitative estimate of drug-likeness (QED) is 0.0209. The molecule has 4 aromatic carbocycles. The normalized spacial score (nSPS) is 12.1. The molecule has 2 aromatic heterocycles. The number of phenolic OH excluding ortho intramolecular Hbond substituents is 1. The molecule has 0 saturated carbocycles. The second-order valence-corrected chi connectivity index (χ2v) is 18.2. The predicted octanol–water partition coefficient (Wildman–Crippen LogP) is 9.19. The third-order valence-corrected chi connectivity index (χ3v) is 12.9. The Kier molecular flexibility index (Phi) is 16.4. The molecule has 1 unspecified atom stereocenters. The van der Waals surface area contributed by atoms with Crippen LogP contribution in [-0.4, -0.2) is 55.3 Å². The van der Waals surface area contributed by atoms with Crippen molar-refractivity contribution in [3.05, 3.63) is 124 Å². The number of carbonyl (C=O) groups excluding carboxylic acids is 2. The number of fused-ring (bicyclic) bond motifs is 1. The highest BCUT2D eigenvalue weighted by molar-refractivity contribution is 14.1. The number of phenols is 1. The van der Waals surface area contributed by atoms with Gasteiger partial charge in [0.2, 0.25) is 5.91 Å². The number of amides is 2. The molecule has 12 nitrogen and oxygen atoms in total. The van der Waals surface area contributed by atoms with Gasteiger partial charge >= 0.3 is 0 Å². The van der Waals surface area contributed by atoms with E-state index in [0.717, 1.165) is 76.2 Å². The molecular weight excluding hydrogens is 902 g/mol. The Labute approximate surface area is 371 Å². The lowest BCUT2D eigenvalue weighted by molar-refractivity contribution is -0.121. The molecule has 2 amide bonds. The number of rotatable bonds is 23. The summed E-state index contributed by atoms with van der Waals surface area (Å²) in [4.78, 5) is 29.0. The standard InChI is InChI=1S/C47H54IN7O5S/c1-61(59,55-40-16-13-15-37-39(48)32-52-45(37)40)36-25-21-34(22-26-36)31-51-44(57)18-9-7-5-3-2-4-6-8-12-28-50-47(58)35-23-19-33(20-24-35)27-29-60-43-30-41(53-54-46(43)49)38-14-10-11-17-42(38)56/h10-11,13-17,19-26,30,32,52,56H,1-9,12,18,27-29,31H2,(H2,49,54)(H,50,58)(H,51,57)(H,55,59). The van der Waals surface area contributed by atoms with E-state index in [1.165, 1.54) is 12.8 Å². The van der Waals surface area contributed by atoms with Crippen LogP contribution in [0.25, 0.3) is 22.2 Å². The largest absolute Gasteiger partial charge is 0.507 e. The van der Waals surface area contributed by atoms with Crippen LogP contribution in [0.2, 0.25) is 0 Å². The first-order valence-corrected chi connectivity index (χ1v) is 23.6. The minimum absolute atomic E-state index is 0.0408. The second-order valence-electron chi connectivity index (χ2n) is 15.0. The fourth-order valence-electron chi connectivity index (χ4n) is 6.93. The number of hydrogen-bond donors (Lipinski definition) is 6. The number of anilines is 2.